The minimum Gasteiger partial charge on any atom is -0.389 e. The lowest BCUT2D eigenvalue weighted by Gasteiger charge is -2.33. The van der Waals surface area contributed by atoms with Crippen LogP contribution in [0.25, 0.3) is 0 Å². The number of allylic oxidation sites excluding steroid dienone is 3. The van der Waals surface area contributed by atoms with E-state index in [1.165, 1.54) is 12.8 Å². The Labute approximate surface area is 81.2 Å². The molecule has 0 fully saturated rings. The van der Waals surface area contributed by atoms with E-state index in [2.05, 4.69) is 32.1 Å². The number of hydrogen-bond acceptors (Lipinski definition) is 1. The normalized spacial score (nSPS) is 29.4. The first-order valence-corrected chi connectivity index (χ1v) is 5.05. The molecule has 1 aliphatic carbocycles. The highest BCUT2D eigenvalue weighted by Crippen LogP contribution is 2.37. The van der Waals surface area contributed by atoms with Gasteiger partial charge >= 0.3 is 0 Å². The molecular weight excluding hydrogens is 160 g/mol. The summed E-state index contributed by atoms with van der Waals surface area (Å²) in [7, 11) is 0. The second-order valence-corrected chi connectivity index (χ2v) is 4.61. The summed E-state index contributed by atoms with van der Waals surface area (Å²) in [6, 6.07) is 0. The second-order valence-electron chi connectivity index (χ2n) is 4.61. The Kier molecular flexibility index (Phi) is 3.32. The van der Waals surface area contributed by atoms with Gasteiger partial charge in [-0.15, -0.1) is 0 Å². The minimum absolute atomic E-state index is 0.328. The van der Waals surface area contributed by atoms with E-state index in [0.29, 0.717) is 11.3 Å². The van der Waals surface area contributed by atoms with Crippen molar-refractivity contribution in [3.8, 4) is 0 Å². The Morgan fingerprint density at radius 1 is 1.54 bits per heavy atom. The maximum absolute atomic E-state index is 9.14. The molecule has 0 saturated heterocycles. The summed E-state index contributed by atoms with van der Waals surface area (Å²) in [4.78, 5) is 0. The lowest BCUT2D eigenvalue weighted by Crippen LogP contribution is -2.23. The third-order valence-electron chi connectivity index (χ3n) is 2.80. The van der Waals surface area contributed by atoms with Crippen molar-refractivity contribution in [1.29, 1.82) is 0 Å². The second kappa shape index (κ2) is 4.10. The van der Waals surface area contributed by atoms with E-state index in [0.717, 1.165) is 0 Å². The molecule has 0 radical (unpaired) electrons. The molecule has 0 heterocycles. The molecule has 1 N–H and O–H groups in total. The molecule has 0 aliphatic heterocycles. The molecule has 2 unspecified atom stereocenters. The predicted molar refractivity (Wildman–Crippen MR) is 56.5 cm³/mol. The van der Waals surface area contributed by atoms with Crippen LogP contribution in [-0.4, -0.2) is 11.2 Å². The minimum atomic E-state index is -0.328. The SMILES string of the molecule is CC(O)/C=C/C1C=CCCC1(C)C. The quantitative estimate of drug-likeness (QED) is 0.648. The largest absolute Gasteiger partial charge is 0.389 e. The molecule has 1 heteroatoms. The van der Waals surface area contributed by atoms with Gasteiger partial charge in [0, 0.05) is 0 Å². The van der Waals surface area contributed by atoms with E-state index in [4.69, 9.17) is 5.11 Å². The summed E-state index contributed by atoms with van der Waals surface area (Å²) in [5, 5.41) is 9.14. The van der Waals surface area contributed by atoms with Gasteiger partial charge in [0.25, 0.3) is 0 Å². The molecule has 0 amide bonds. The van der Waals surface area contributed by atoms with Crippen LogP contribution in [0.2, 0.25) is 0 Å². The van der Waals surface area contributed by atoms with Crippen molar-refractivity contribution in [3.05, 3.63) is 24.3 Å². The zero-order valence-corrected chi connectivity index (χ0v) is 8.83. The molecule has 1 aliphatic rings. The summed E-state index contributed by atoms with van der Waals surface area (Å²) in [6.07, 6.45) is 10.6. The Bertz CT molecular complexity index is 211. The molecule has 2 atom stereocenters. The van der Waals surface area contributed by atoms with Crippen LogP contribution in [0.3, 0.4) is 0 Å². The first-order chi connectivity index (χ1) is 6.02. The van der Waals surface area contributed by atoms with Crippen molar-refractivity contribution in [3.63, 3.8) is 0 Å². The van der Waals surface area contributed by atoms with Crippen molar-refractivity contribution in [1.82, 2.24) is 0 Å². The smallest absolute Gasteiger partial charge is 0.0692 e. The van der Waals surface area contributed by atoms with Crippen molar-refractivity contribution >= 4 is 0 Å². The van der Waals surface area contributed by atoms with Crippen molar-refractivity contribution < 1.29 is 5.11 Å². The first-order valence-electron chi connectivity index (χ1n) is 5.05. The maximum Gasteiger partial charge on any atom is 0.0692 e. The summed E-state index contributed by atoms with van der Waals surface area (Å²) in [6.45, 7) is 6.36. The highest BCUT2D eigenvalue weighted by molar-refractivity contribution is 5.10. The monoisotopic (exact) mass is 180 g/mol. The predicted octanol–water partition coefficient (Wildman–Crippen LogP) is 2.92. The van der Waals surface area contributed by atoms with E-state index in [-0.39, 0.29) is 6.10 Å². The fourth-order valence-corrected chi connectivity index (χ4v) is 1.73. The third-order valence-corrected chi connectivity index (χ3v) is 2.80. The molecule has 0 saturated carbocycles. The van der Waals surface area contributed by atoms with Crippen molar-refractivity contribution in [2.75, 3.05) is 0 Å². The van der Waals surface area contributed by atoms with E-state index < -0.39 is 0 Å². The Hall–Kier alpha value is -0.560. The fraction of sp³-hybridized carbons (Fsp3) is 0.667. The van der Waals surface area contributed by atoms with Gasteiger partial charge in [0.2, 0.25) is 0 Å². The molecule has 0 aromatic rings. The number of rotatable bonds is 2. The summed E-state index contributed by atoms with van der Waals surface area (Å²) in [5.41, 5.74) is 0.347. The van der Waals surface area contributed by atoms with Gasteiger partial charge in [-0.2, -0.15) is 0 Å². The van der Waals surface area contributed by atoms with E-state index in [1.807, 2.05) is 6.08 Å². The molecule has 0 bridgehead atoms. The van der Waals surface area contributed by atoms with Crippen LogP contribution < -0.4 is 0 Å². The summed E-state index contributed by atoms with van der Waals surface area (Å²) < 4.78 is 0. The molecular formula is C12H20O. The molecule has 1 nitrogen and oxygen atoms in total. The topological polar surface area (TPSA) is 20.2 Å². The lowest BCUT2D eigenvalue weighted by molar-refractivity contribution is 0.237. The zero-order valence-electron chi connectivity index (χ0n) is 8.83. The summed E-state index contributed by atoms with van der Waals surface area (Å²) >= 11 is 0. The number of aliphatic hydroxyl groups excluding tert-OH is 1. The van der Waals surface area contributed by atoms with Gasteiger partial charge in [0.15, 0.2) is 0 Å². The molecule has 0 aromatic heterocycles. The van der Waals surface area contributed by atoms with Crippen LogP contribution in [0.15, 0.2) is 24.3 Å². The van der Waals surface area contributed by atoms with Crippen LogP contribution in [0.5, 0.6) is 0 Å². The van der Waals surface area contributed by atoms with Crippen molar-refractivity contribution in [2.24, 2.45) is 11.3 Å². The molecule has 0 aromatic carbocycles. The van der Waals surface area contributed by atoms with E-state index in [9.17, 15) is 0 Å². The van der Waals surface area contributed by atoms with Gasteiger partial charge in [-0.05, 0) is 31.1 Å². The zero-order chi connectivity index (χ0) is 9.90. The number of hydrogen-bond donors (Lipinski definition) is 1. The maximum atomic E-state index is 9.14. The Morgan fingerprint density at radius 3 is 2.77 bits per heavy atom. The molecule has 13 heavy (non-hydrogen) atoms. The Morgan fingerprint density at radius 2 is 2.23 bits per heavy atom. The van der Waals surface area contributed by atoms with E-state index in [1.54, 1.807) is 6.92 Å². The van der Waals surface area contributed by atoms with Gasteiger partial charge in [-0.3, -0.25) is 0 Å². The third kappa shape index (κ3) is 3.00. The van der Waals surface area contributed by atoms with Crippen LogP contribution in [-0.2, 0) is 0 Å². The molecule has 1 rings (SSSR count). The lowest BCUT2D eigenvalue weighted by atomic mass is 9.72. The van der Waals surface area contributed by atoms with Gasteiger partial charge in [-0.1, -0.05) is 38.2 Å². The first kappa shape index (κ1) is 10.5. The van der Waals surface area contributed by atoms with Gasteiger partial charge in [0.1, 0.15) is 0 Å². The highest BCUT2D eigenvalue weighted by Gasteiger charge is 2.26. The van der Waals surface area contributed by atoms with Gasteiger partial charge in [-0.25, -0.2) is 0 Å². The average Bonchev–Trinajstić information content (AvgIpc) is 2.01. The highest BCUT2D eigenvalue weighted by atomic mass is 16.3. The van der Waals surface area contributed by atoms with E-state index >= 15 is 0 Å². The molecule has 0 spiro atoms. The van der Waals surface area contributed by atoms with Gasteiger partial charge < -0.3 is 5.11 Å². The van der Waals surface area contributed by atoms with Gasteiger partial charge in [0.05, 0.1) is 6.10 Å². The Balaban J connectivity index is 2.66. The average molecular weight is 180 g/mol. The van der Waals surface area contributed by atoms with Crippen LogP contribution in [0.4, 0.5) is 0 Å². The molecule has 74 valence electrons. The van der Waals surface area contributed by atoms with Crippen LogP contribution >= 0.6 is 0 Å². The van der Waals surface area contributed by atoms with Crippen LogP contribution in [0, 0.1) is 11.3 Å². The van der Waals surface area contributed by atoms with Crippen molar-refractivity contribution in [2.45, 2.75) is 39.7 Å². The fourth-order valence-electron chi connectivity index (χ4n) is 1.73. The summed E-state index contributed by atoms with van der Waals surface area (Å²) in [5.74, 6) is 0.482. The number of aliphatic hydroxyl groups is 1. The van der Waals surface area contributed by atoms with Crippen LogP contribution in [0.1, 0.15) is 33.6 Å². The standard InChI is InChI=1S/C12H20O/c1-10(13)7-8-11-6-4-5-9-12(11,2)3/h4,6-8,10-11,13H,5,9H2,1-3H3/b8-7+.